The van der Waals surface area contributed by atoms with E-state index in [4.69, 9.17) is 21.7 Å². The molecular formula is C38H41ClN6O3S2. The van der Waals surface area contributed by atoms with Gasteiger partial charge in [0.15, 0.2) is 0 Å². The minimum atomic E-state index is -3.37. The van der Waals surface area contributed by atoms with Gasteiger partial charge >= 0.3 is 0 Å². The lowest BCUT2D eigenvalue weighted by Gasteiger charge is -2.26. The molecule has 1 N–H and O–H groups in total. The van der Waals surface area contributed by atoms with Crippen molar-refractivity contribution < 1.29 is 13.2 Å². The number of fused-ring (bicyclic) bond motifs is 1. The molecule has 0 saturated carbocycles. The Kier molecular flexibility index (Phi) is 10.2. The third-order valence-corrected chi connectivity index (χ3v) is 12.2. The van der Waals surface area contributed by atoms with E-state index in [9.17, 15) is 13.2 Å². The second-order valence-electron chi connectivity index (χ2n) is 13.2. The van der Waals surface area contributed by atoms with Crippen LogP contribution in [0.4, 0.5) is 0 Å². The van der Waals surface area contributed by atoms with Gasteiger partial charge in [0.1, 0.15) is 5.01 Å². The monoisotopic (exact) mass is 728 g/mol. The number of hydrogen-bond donors (Lipinski definition) is 1. The number of nitrogens with zero attached hydrogens (tertiary/aromatic N) is 5. The van der Waals surface area contributed by atoms with E-state index in [1.807, 2.05) is 79.0 Å². The van der Waals surface area contributed by atoms with Gasteiger partial charge in [0.25, 0.3) is 5.91 Å². The zero-order valence-electron chi connectivity index (χ0n) is 28.3. The van der Waals surface area contributed by atoms with Crippen LogP contribution in [0.5, 0.6) is 0 Å². The Bertz CT molecular complexity index is 2110. The van der Waals surface area contributed by atoms with E-state index in [-0.39, 0.29) is 18.5 Å². The molecule has 3 aromatic carbocycles. The molecule has 9 nitrogen and oxygen atoms in total. The normalized spacial score (nSPS) is 16.0. The van der Waals surface area contributed by atoms with E-state index >= 15 is 0 Å². The standard InChI is InChI=1S/C38H41ClN6O3S2/c1-26(38-41-34(25-49-38)27-10-4-3-5-11-27)40-37(46)30-13-8-12-28(22-30)31-23-29(14-15-33(31)39)36-32-24-44(50(2,47)48)21-16-35(32)45(42-36)20-9-19-43-17-6-7-18-43/h3-5,8,10-15,22-23,25-26H,6-7,9,16-21,24H2,1-2H3,(H,40,46). The molecule has 1 atom stereocenters. The van der Waals surface area contributed by atoms with Gasteiger partial charge in [0, 0.05) is 70.0 Å². The fourth-order valence-corrected chi connectivity index (χ4v) is 8.76. The van der Waals surface area contributed by atoms with Crippen molar-refractivity contribution in [3.63, 3.8) is 0 Å². The van der Waals surface area contributed by atoms with Crippen LogP contribution in [0.25, 0.3) is 33.6 Å². The summed E-state index contributed by atoms with van der Waals surface area (Å²) >= 11 is 8.33. The molecule has 1 fully saturated rings. The number of nitrogens with one attached hydrogen (secondary N) is 1. The number of aromatic nitrogens is 3. The molecule has 2 aliphatic rings. The highest BCUT2D eigenvalue weighted by molar-refractivity contribution is 7.88. The van der Waals surface area contributed by atoms with E-state index in [0.717, 1.165) is 82.5 Å². The Morgan fingerprint density at radius 3 is 2.52 bits per heavy atom. The number of likely N-dealkylation sites (tertiary alicyclic amines) is 1. The molecule has 2 aromatic heterocycles. The zero-order valence-corrected chi connectivity index (χ0v) is 30.7. The van der Waals surface area contributed by atoms with Gasteiger partial charge in [-0.15, -0.1) is 11.3 Å². The van der Waals surface area contributed by atoms with Crippen LogP contribution >= 0.6 is 22.9 Å². The number of rotatable bonds is 11. The van der Waals surface area contributed by atoms with Crippen LogP contribution in [0.1, 0.15) is 58.9 Å². The van der Waals surface area contributed by atoms with Gasteiger partial charge in [-0.05, 0) is 75.6 Å². The molecule has 1 amide bonds. The minimum Gasteiger partial charge on any atom is -0.343 e. The molecule has 0 bridgehead atoms. The van der Waals surface area contributed by atoms with Crippen molar-refractivity contribution in [2.24, 2.45) is 0 Å². The molecular weight excluding hydrogens is 688 g/mol. The van der Waals surface area contributed by atoms with Crippen LogP contribution in [-0.4, -0.2) is 70.7 Å². The summed E-state index contributed by atoms with van der Waals surface area (Å²) in [4.78, 5) is 20.7. The molecule has 0 aliphatic carbocycles. The number of benzene rings is 3. The topological polar surface area (TPSA) is 100 Å². The molecule has 12 heteroatoms. The average molecular weight is 729 g/mol. The van der Waals surface area contributed by atoms with Crippen LogP contribution < -0.4 is 5.32 Å². The summed E-state index contributed by atoms with van der Waals surface area (Å²) in [5.41, 5.74) is 7.68. The molecule has 7 rings (SSSR count). The Morgan fingerprint density at radius 1 is 0.960 bits per heavy atom. The van der Waals surface area contributed by atoms with Crippen LogP contribution in [-0.2, 0) is 29.5 Å². The third kappa shape index (κ3) is 7.57. The number of amides is 1. The molecule has 5 aromatic rings. The van der Waals surface area contributed by atoms with Gasteiger partial charge in [0.05, 0.1) is 23.7 Å². The van der Waals surface area contributed by atoms with E-state index in [1.165, 1.54) is 34.7 Å². The lowest BCUT2D eigenvalue weighted by molar-refractivity contribution is 0.0940. The first kappa shape index (κ1) is 34.6. The lowest BCUT2D eigenvalue weighted by atomic mass is 9.97. The first-order valence-electron chi connectivity index (χ1n) is 17.1. The van der Waals surface area contributed by atoms with E-state index in [1.54, 1.807) is 6.07 Å². The zero-order chi connectivity index (χ0) is 34.8. The van der Waals surface area contributed by atoms with E-state index in [0.29, 0.717) is 23.6 Å². The number of hydrogen-bond acceptors (Lipinski definition) is 7. The van der Waals surface area contributed by atoms with Crippen LogP contribution in [0, 0.1) is 0 Å². The SMILES string of the molecule is CC(NC(=O)c1cccc(-c2cc(-c3nn(CCCN4CCCC4)c4c3CN(S(C)(=O)=O)CC4)ccc2Cl)c1)c1nc(-c2ccccc2)cs1. The summed E-state index contributed by atoms with van der Waals surface area (Å²) in [6, 6.07) is 22.9. The van der Waals surface area contributed by atoms with Crippen molar-refractivity contribution in [1.29, 1.82) is 0 Å². The van der Waals surface area contributed by atoms with Crippen molar-refractivity contribution in [1.82, 2.24) is 29.3 Å². The summed E-state index contributed by atoms with van der Waals surface area (Å²) in [5, 5.41) is 11.6. The molecule has 0 spiro atoms. The van der Waals surface area contributed by atoms with Crippen molar-refractivity contribution >= 4 is 38.9 Å². The fraction of sp³-hybridized carbons (Fsp3) is 0.342. The summed E-state index contributed by atoms with van der Waals surface area (Å²) in [7, 11) is -3.37. The molecule has 1 unspecified atom stereocenters. The molecule has 0 radical (unpaired) electrons. The number of carbonyl (C=O) groups is 1. The number of thiazole rings is 1. The van der Waals surface area contributed by atoms with Crippen molar-refractivity contribution in [2.75, 3.05) is 32.4 Å². The quantitative estimate of drug-likeness (QED) is 0.153. The Labute approximate surface area is 303 Å². The predicted molar refractivity (Wildman–Crippen MR) is 201 cm³/mol. The smallest absolute Gasteiger partial charge is 0.251 e. The minimum absolute atomic E-state index is 0.203. The average Bonchev–Trinajstić information content (AvgIpc) is 3.90. The van der Waals surface area contributed by atoms with Gasteiger partial charge in [-0.25, -0.2) is 13.4 Å². The fourth-order valence-electron chi connectivity index (χ4n) is 6.91. The number of aryl methyl sites for hydroxylation is 1. The van der Waals surface area contributed by atoms with Crippen LogP contribution in [0.15, 0.2) is 78.2 Å². The van der Waals surface area contributed by atoms with Crippen LogP contribution in [0.2, 0.25) is 5.02 Å². The molecule has 4 heterocycles. The van der Waals surface area contributed by atoms with Gasteiger partial charge in [-0.1, -0.05) is 60.1 Å². The second-order valence-corrected chi connectivity index (χ2v) is 16.4. The predicted octanol–water partition coefficient (Wildman–Crippen LogP) is 7.29. The third-order valence-electron chi connectivity index (χ3n) is 9.60. The summed E-state index contributed by atoms with van der Waals surface area (Å²) in [6.07, 6.45) is 5.39. The number of halogens is 1. The lowest BCUT2D eigenvalue weighted by Crippen LogP contribution is -2.35. The molecule has 2 aliphatic heterocycles. The van der Waals surface area contributed by atoms with Gasteiger partial charge in [-0.3, -0.25) is 9.48 Å². The van der Waals surface area contributed by atoms with E-state index in [2.05, 4.69) is 14.9 Å². The summed E-state index contributed by atoms with van der Waals surface area (Å²) < 4.78 is 28.8. The van der Waals surface area contributed by atoms with Gasteiger partial charge in [0.2, 0.25) is 10.0 Å². The number of carbonyl (C=O) groups excluding carboxylic acids is 1. The Balaban J connectivity index is 1.13. The first-order chi connectivity index (χ1) is 24.1. The summed E-state index contributed by atoms with van der Waals surface area (Å²) in [5.74, 6) is -0.203. The molecule has 260 valence electrons. The second kappa shape index (κ2) is 14.8. The van der Waals surface area contributed by atoms with Crippen LogP contribution in [0.3, 0.4) is 0 Å². The van der Waals surface area contributed by atoms with Gasteiger partial charge < -0.3 is 10.2 Å². The maximum atomic E-state index is 13.5. The highest BCUT2D eigenvalue weighted by Crippen LogP contribution is 2.37. The Hall–Kier alpha value is -3.87. The Morgan fingerprint density at radius 2 is 1.74 bits per heavy atom. The number of sulfonamides is 1. The maximum Gasteiger partial charge on any atom is 0.251 e. The molecule has 1 saturated heterocycles. The highest BCUT2D eigenvalue weighted by atomic mass is 35.5. The van der Waals surface area contributed by atoms with Crippen molar-refractivity contribution in [3.8, 4) is 33.6 Å². The first-order valence-corrected chi connectivity index (χ1v) is 20.2. The highest BCUT2D eigenvalue weighted by Gasteiger charge is 2.30. The summed E-state index contributed by atoms with van der Waals surface area (Å²) in [6.45, 7) is 6.79. The van der Waals surface area contributed by atoms with Crippen molar-refractivity contribution in [3.05, 3.63) is 105 Å². The van der Waals surface area contributed by atoms with E-state index < -0.39 is 10.0 Å². The maximum absolute atomic E-state index is 13.5. The van der Waals surface area contributed by atoms with Crippen molar-refractivity contribution in [2.45, 2.75) is 51.7 Å². The molecule has 50 heavy (non-hydrogen) atoms. The largest absolute Gasteiger partial charge is 0.343 e. The van der Waals surface area contributed by atoms with Gasteiger partial charge in [-0.2, -0.15) is 9.40 Å².